The second-order valence-electron chi connectivity index (χ2n) is 9.77. The molecule has 1 aliphatic heterocycles. The van der Waals surface area contributed by atoms with Gasteiger partial charge in [-0.05, 0) is 68.9 Å². The molecule has 0 atom stereocenters. The molecule has 0 aliphatic carbocycles. The lowest BCUT2D eigenvalue weighted by molar-refractivity contribution is 0.0697. The van der Waals surface area contributed by atoms with E-state index in [1.54, 1.807) is 48.9 Å². The number of ether oxygens (including phenoxy) is 1. The van der Waals surface area contributed by atoms with E-state index in [4.69, 9.17) is 14.9 Å². The van der Waals surface area contributed by atoms with Crippen LogP contribution in [0.25, 0.3) is 26.8 Å². The van der Waals surface area contributed by atoms with E-state index in [0.29, 0.717) is 5.92 Å². The molecule has 7 nitrogen and oxygen atoms in total. The molecule has 1 aliphatic rings. The number of nitrogens with zero attached hydrogens (tertiary/aromatic N) is 4. The third-order valence-electron chi connectivity index (χ3n) is 7.30. The van der Waals surface area contributed by atoms with Crippen molar-refractivity contribution in [2.24, 2.45) is 0 Å². The van der Waals surface area contributed by atoms with Crippen LogP contribution in [-0.2, 0) is 4.74 Å². The van der Waals surface area contributed by atoms with Gasteiger partial charge in [-0.1, -0.05) is 60.6 Å². The van der Waals surface area contributed by atoms with Crippen LogP contribution in [0.3, 0.4) is 0 Å². The molecule has 0 radical (unpaired) electrons. The minimum atomic E-state index is -0.931. The number of methoxy groups -OCH3 is 1. The lowest BCUT2D eigenvalue weighted by Crippen LogP contribution is -2.33. The van der Waals surface area contributed by atoms with Crippen LogP contribution in [0.2, 0.25) is 0 Å². The first-order valence-electron chi connectivity index (χ1n) is 13.1. The third-order valence-corrected chi connectivity index (χ3v) is 8.27. The molecule has 2 aromatic carbocycles. The molecule has 9 heteroatoms. The smallest absolute Gasteiger partial charge is 0.335 e. The van der Waals surface area contributed by atoms with Gasteiger partial charge in [0.05, 0.1) is 17.5 Å². The van der Waals surface area contributed by atoms with E-state index in [1.807, 2.05) is 4.52 Å². The van der Waals surface area contributed by atoms with Crippen LogP contribution in [0.1, 0.15) is 60.4 Å². The number of aromatic nitrogens is 3. The number of likely N-dealkylation sites (tertiary alicyclic amines) is 1. The number of unbranched alkanes of at least 4 members (excludes halogenated alkanes) is 3. The maximum Gasteiger partial charge on any atom is 0.335 e. The molecule has 5 rings (SSSR count). The van der Waals surface area contributed by atoms with Crippen LogP contribution >= 0.6 is 23.7 Å². The molecule has 1 N–H and O–H groups in total. The number of aromatic carboxylic acids is 1. The molecule has 2 aromatic heterocycles. The van der Waals surface area contributed by atoms with E-state index in [2.05, 4.69) is 34.1 Å². The van der Waals surface area contributed by atoms with E-state index in [1.165, 1.54) is 63.7 Å². The van der Waals surface area contributed by atoms with Crippen LogP contribution in [0.15, 0.2) is 54.7 Å². The molecule has 3 heterocycles. The molecular weight excluding hydrogens is 520 g/mol. The van der Waals surface area contributed by atoms with Gasteiger partial charge in [0.15, 0.2) is 0 Å². The van der Waals surface area contributed by atoms with Crippen molar-refractivity contribution in [1.82, 2.24) is 19.5 Å². The highest BCUT2D eigenvalue weighted by atomic mass is 35.5. The van der Waals surface area contributed by atoms with Crippen molar-refractivity contribution < 1.29 is 14.6 Å². The SMILES string of the molecule is COCCCCCCN1CCC(c2ccc(-c3nn4c(-c5ccc(C(=O)O)cc5)cnc4s3)cc2)CC1.Cl. The van der Waals surface area contributed by atoms with E-state index < -0.39 is 5.97 Å². The summed E-state index contributed by atoms with van der Waals surface area (Å²) in [6, 6.07) is 15.7. The highest BCUT2D eigenvalue weighted by Crippen LogP contribution is 2.32. The molecule has 0 unspecified atom stereocenters. The number of hydrogen-bond donors (Lipinski definition) is 1. The number of carboxylic acids is 1. The average molecular weight is 555 g/mol. The fraction of sp³-hybridized carbons (Fsp3) is 0.414. The molecule has 1 saturated heterocycles. The number of rotatable bonds is 11. The molecule has 0 amide bonds. The Hall–Kier alpha value is -2.78. The van der Waals surface area contributed by atoms with Gasteiger partial charge >= 0.3 is 5.97 Å². The summed E-state index contributed by atoms with van der Waals surface area (Å²) in [6.07, 6.45) is 9.25. The van der Waals surface area contributed by atoms with Crippen LogP contribution in [0.5, 0.6) is 0 Å². The summed E-state index contributed by atoms with van der Waals surface area (Å²) in [5.41, 5.74) is 4.53. The summed E-state index contributed by atoms with van der Waals surface area (Å²) in [4.78, 5) is 19.1. The van der Waals surface area contributed by atoms with E-state index in [0.717, 1.165) is 33.4 Å². The van der Waals surface area contributed by atoms with Gasteiger partial charge in [-0.25, -0.2) is 14.3 Å². The summed E-state index contributed by atoms with van der Waals surface area (Å²) in [5, 5.41) is 14.9. The van der Waals surface area contributed by atoms with Gasteiger partial charge in [0, 0.05) is 24.8 Å². The maximum absolute atomic E-state index is 11.2. The number of fused-ring (bicyclic) bond motifs is 1. The number of carboxylic acid groups (broad SMARTS) is 1. The average Bonchev–Trinajstić information content (AvgIpc) is 3.53. The molecule has 1 fully saturated rings. The predicted molar refractivity (Wildman–Crippen MR) is 155 cm³/mol. The standard InChI is InChI=1S/C29H34N4O3S.ClH/c1-36-19-5-3-2-4-16-32-17-14-22(15-18-32)21-6-10-24(11-7-21)27-31-33-26(20-30-29(33)37-27)23-8-12-25(13-9-23)28(34)35;/h6-13,20,22H,2-5,14-19H2,1H3,(H,34,35);1H. The van der Waals surface area contributed by atoms with Crippen molar-refractivity contribution >= 4 is 34.7 Å². The normalized spacial score (nSPS) is 14.6. The minimum absolute atomic E-state index is 0. The number of carbonyl (C=O) groups is 1. The van der Waals surface area contributed by atoms with E-state index >= 15 is 0 Å². The van der Waals surface area contributed by atoms with Crippen molar-refractivity contribution in [1.29, 1.82) is 0 Å². The van der Waals surface area contributed by atoms with Crippen molar-refractivity contribution in [3.8, 4) is 21.8 Å². The predicted octanol–water partition coefficient (Wildman–Crippen LogP) is 6.63. The van der Waals surface area contributed by atoms with E-state index in [9.17, 15) is 4.79 Å². The zero-order valence-corrected chi connectivity index (χ0v) is 23.3. The number of hydrogen-bond acceptors (Lipinski definition) is 6. The maximum atomic E-state index is 11.2. The van der Waals surface area contributed by atoms with Crippen molar-refractivity contribution in [3.05, 3.63) is 65.9 Å². The minimum Gasteiger partial charge on any atom is -0.478 e. The van der Waals surface area contributed by atoms with Crippen molar-refractivity contribution in [3.63, 3.8) is 0 Å². The Bertz CT molecular complexity index is 1310. The molecule has 0 saturated carbocycles. The van der Waals surface area contributed by atoms with Gasteiger partial charge < -0.3 is 14.7 Å². The quantitative estimate of drug-likeness (QED) is 0.210. The molecule has 4 aromatic rings. The molecule has 202 valence electrons. The zero-order valence-electron chi connectivity index (χ0n) is 21.7. The van der Waals surface area contributed by atoms with Gasteiger partial charge in [0.1, 0.15) is 5.01 Å². The summed E-state index contributed by atoms with van der Waals surface area (Å²) in [6.45, 7) is 4.47. The lowest BCUT2D eigenvalue weighted by atomic mass is 9.89. The first-order valence-corrected chi connectivity index (χ1v) is 13.9. The Morgan fingerprint density at radius 3 is 2.37 bits per heavy atom. The zero-order chi connectivity index (χ0) is 25.6. The second kappa shape index (κ2) is 13.3. The van der Waals surface area contributed by atoms with Gasteiger partial charge in [-0.3, -0.25) is 0 Å². The van der Waals surface area contributed by atoms with Crippen LogP contribution in [0.4, 0.5) is 0 Å². The largest absolute Gasteiger partial charge is 0.478 e. The van der Waals surface area contributed by atoms with Crippen LogP contribution in [0, 0.1) is 0 Å². The molecule has 0 spiro atoms. The first kappa shape index (κ1) is 28.2. The third kappa shape index (κ3) is 6.61. The highest BCUT2D eigenvalue weighted by Gasteiger charge is 2.21. The topological polar surface area (TPSA) is 80.0 Å². The highest BCUT2D eigenvalue weighted by molar-refractivity contribution is 7.19. The monoisotopic (exact) mass is 554 g/mol. The Labute approximate surface area is 233 Å². The lowest BCUT2D eigenvalue weighted by Gasteiger charge is -2.32. The second-order valence-corrected chi connectivity index (χ2v) is 10.7. The van der Waals surface area contributed by atoms with Crippen LogP contribution in [-0.4, -0.2) is 63.9 Å². The summed E-state index contributed by atoms with van der Waals surface area (Å²) in [5.74, 6) is -0.305. The Kier molecular flexibility index (Phi) is 9.91. The van der Waals surface area contributed by atoms with Crippen molar-refractivity contribution in [2.75, 3.05) is 33.4 Å². The summed E-state index contributed by atoms with van der Waals surface area (Å²) in [7, 11) is 1.78. The Morgan fingerprint density at radius 1 is 1.00 bits per heavy atom. The Balaban J connectivity index is 0.00000336. The van der Waals surface area contributed by atoms with Crippen molar-refractivity contribution in [2.45, 2.75) is 44.4 Å². The molecule has 38 heavy (non-hydrogen) atoms. The van der Waals surface area contributed by atoms with Crippen LogP contribution < -0.4 is 0 Å². The fourth-order valence-electron chi connectivity index (χ4n) is 5.11. The van der Waals surface area contributed by atoms with Gasteiger partial charge in [-0.2, -0.15) is 5.10 Å². The summed E-state index contributed by atoms with van der Waals surface area (Å²) < 4.78 is 6.98. The fourth-order valence-corrected chi connectivity index (χ4v) is 5.99. The molecular formula is C29H35ClN4O3S. The van der Waals surface area contributed by atoms with E-state index in [-0.39, 0.29) is 18.0 Å². The summed E-state index contributed by atoms with van der Waals surface area (Å²) >= 11 is 1.56. The number of benzene rings is 2. The number of halogens is 1. The first-order chi connectivity index (χ1) is 18.1. The molecule has 0 bridgehead atoms. The Morgan fingerprint density at radius 2 is 1.68 bits per heavy atom. The van der Waals surface area contributed by atoms with Gasteiger partial charge in [-0.15, -0.1) is 12.4 Å². The van der Waals surface area contributed by atoms with Gasteiger partial charge in [0.25, 0.3) is 0 Å². The van der Waals surface area contributed by atoms with Gasteiger partial charge in [0.2, 0.25) is 4.96 Å². The number of imidazole rings is 1. The number of piperidine rings is 1.